The number of amides is 1. The lowest BCUT2D eigenvalue weighted by molar-refractivity contribution is -0.0233. The summed E-state index contributed by atoms with van der Waals surface area (Å²) in [4.78, 5) is 16.1. The van der Waals surface area contributed by atoms with Crippen LogP contribution in [0, 0.1) is 0 Å². The number of carbonyl (C=O) groups is 1. The summed E-state index contributed by atoms with van der Waals surface area (Å²) in [6.45, 7) is 1.15. The number of nitrogens with zero attached hydrogens (tertiary/aromatic N) is 2. The molecule has 2 rings (SSSR count). The highest BCUT2D eigenvalue weighted by Crippen LogP contribution is 2.21. The van der Waals surface area contributed by atoms with Crippen LogP contribution in [0.4, 0.5) is 10.6 Å². The minimum absolute atomic E-state index is 0.252. The second kappa shape index (κ2) is 4.36. The molecule has 1 aromatic rings. The van der Waals surface area contributed by atoms with Crippen molar-refractivity contribution in [3.63, 3.8) is 0 Å². The van der Waals surface area contributed by atoms with Gasteiger partial charge in [0.05, 0.1) is 13.2 Å². The SMILES string of the molecule is Nc1ccc([C@H]2CN(C(=O)O)CCO2)cn1. The summed E-state index contributed by atoms with van der Waals surface area (Å²) in [5, 5.41) is 8.88. The lowest BCUT2D eigenvalue weighted by atomic mass is 10.1. The molecule has 3 N–H and O–H groups in total. The number of rotatable bonds is 1. The van der Waals surface area contributed by atoms with Gasteiger partial charge in [0.1, 0.15) is 11.9 Å². The van der Waals surface area contributed by atoms with E-state index in [1.165, 1.54) is 4.90 Å². The fourth-order valence-electron chi connectivity index (χ4n) is 1.63. The zero-order chi connectivity index (χ0) is 11.5. The van der Waals surface area contributed by atoms with E-state index in [9.17, 15) is 4.79 Å². The molecule has 0 radical (unpaired) electrons. The normalized spacial score (nSPS) is 20.8. The Labute approximate surface area is 92.6 Å². The number of pyridine rings is 1. The predicted octanol–water partition coefficient (Wildman–Crippen LogP) is 0.715. The Balaban J connectivity index is 2.09. The summed E-state index contributed by atoms with van der Waals surface area (Å²) in [7, 11) is 0. The molecule has 6 nitrogen and oxygen atoms in total. The lowest BCUT2D eigenvalue weighted by Crippen LogP contribution is -2.41. The van der Waals surface area contributed by atoms with Crippen LogP contribution >= 0.6 is 0 Å². The van der Waals surface area contributed by atoms with Crippen LogP contribution in [0.15, 0.2) is 18.3 Å². The van der Waals surface area contributed by atoms with E-state index in [1.54, 1.807) is 18.3 Å². The van der Waals surface area contributed by atoms with Gasteiger partial charge in [-0.15, -0.1) is 0 Å². The van der Waals surface area contributed by atoms with Crippen LogP contribution in [0.25, 0.3) is 0 Å². The maximum absolute atomic E-state index is 10.8. The van der Waals surface area contributed by atoms with Crippen LogP contribution in [-0.4, -0.2) is 40.8 Å². The highest BCUT2D eigenvalue weighted by Gasteiger charge is 2.24. The molecule has 16 heavy (non-hydrogen) atoms. The number of morpholine rings is 1. The maximum atomic E-state index is 10.8. The lowest BCUT2D eigenvalue weighted by Gasteiger charge is -2.31. The zero-order valence-electron chi connectivity index (χ0n) is 8.67. The van der Waals surface area contributed by atoms with Gasteiger partial charge in [-0.2, -0.15) is 0 Å². The molecule has 1 amide bonds. The molecule has 1 saturated heterocycles. The average Bonchev–Trinajstić information content (AvgIpc) is 2.30. The monoisotopic (exact) mass is 223 g/mol. The number of hydrogen-bond donors (Lipinski definition) is 2. The standard InChI is InChI=1S/C10H13N3O3/c11-9-2-1-7(5-12-9)8-6-13(10(14)15)3-4-16-8/h1-2,5,8H,3-4,6H2,(H2,11,12)(H,14,15)/t8-/m1/s1. The quantitative estimate of drug-likeness (QED) is 0.732. The first-order valence-electron chi connectivity index (χ1n) is 4.97. The number of ether oxygens (including phenoxy) is 1. The predicted molar refractivity (Wildman–Crippen MR) is 56.9 cm³/mol. The number of anilines is 1. The topological polar surface area (TPSA) is 88.7 Å². The fraction of sp³-hybridized carbons (Fsp3) is 0.400. The van der Waals surface area contributed by atoms with Gasteiger partial charge in [-0.3, -0.25) is 0 Å². The van der Waals surface area contributed by atoms with E-state index in [0.717, 1.165) is 5.56 Å². The first kappa shape index (κ1) is 10.7. The Morgan fingerprint density at radius 2 is 2.44 bits per heavy atom. The average molecular weight is 223 g/mol. The summed E-state index contributed by atoms with van der Waals surface area (Å²) in [5.74, 6) is 0.439. The van der Waals surface area contributed by atoms with Gasteiger partial charge in [0.15, 0.2) is 0 Å². The van der Waals surface area contributed by atoms with Crippen LogP contribution in [0.1, 0.15) is 11.7 Å². The van der Waals surface area contributed by atoms with Crippen molar-refractivity contribution in [2.24, 2.45) is 0 Å². The highest BCUT2D eigenvalue weighted by atomic mass is 16.5. The van der Waals surface area contributed by atoms with E-state index in [1.807, 2.05) is 0 Å². The first-order valence-corrected chi connectivity index (χ1v) is 4.97. The van der Waals surface area contributed by atoms with E-state index in [2.05, 4.69) is 4.98 Å². The highest BCUT2D eigenvalue weighted by molar-refractivity contribution is 5.65. The molecule has 0 spiro atoms. The summed E-state index contributed by atoms with van der Waals surface area (Å²) in [6.07, 6.45) is 0.445. The van der Waals surface area contributed by atoms with Crippen LogP contribution in [0.3, 0.4) is 0 Å². The van der Waals surface area contributed by atoms with Crippen molar-refractivity contribution in [2.45, 2.75) is 6.10 Å². The minimum Gasteiger partial charge on any atom is -0.465 e. The van der Waals surface area contributed by atoms with Gasteiger partial charge in [-0.25, -0.2) is 9.78 Å². The first-order chi connectivity index (χ1) is 7.66. The third-order valence-electron chi connectivity index (χ3n) is 2.52. The number of nitrogens with two attached hydrogens (primary N) is 1. The summed E-state index contributed by atoms with van der Waals surface area (Å²) >= 11 is 0. The zero-order valence-corrected chi connectivity index (χ0v) is 8.67. The van der Waals surface area contributed by atoms with E-state index in [0.29, 0.717) is 25.5 Å². The molecule has 1 fully saturated rings. The van der Waals surface area contributed by atoms with Crippen molar-refractivity contribution < 1.29 is 14.6 Å². The van der Waals surface area contributed by atoms with E-state index in [-0.39, 0.29) is 6.10 Å². The van der Waals surface area contributed by atoms with Crippen LogP contribution in [-0.2, 0) is 4.74 Å². The second-order valence-electron chi connectivity index (χ2n) is 3.60. The fourth-order valence-corrected chi connectivity index (χ4v) is 1.63. The van der Waals surface area contributed by atoms with Gasteiger partial charge in [0.25, 0.3) is 0 Å². The number of carboxylic acid groups (broad SMARTS) is 1. The van der Waals surface area contributed by atoms with E-state index >= 15 is 0 Å². The molecule has 0 saturated carbocycles. The summed E-state index contributed by atoms with van der Waals surface area (Å²) in [5.41, 5.74) is 6.32. The van der Waals surface area contributed by atoms with Crippen LogP contribution in [0.5, 0.6) is 0 Å². The minimum atomic E-state index is -0.920. The molecule has 0 unspecified atom stereocenters. The van der Waals surface area contributed by atoms with Crippen molar-refractivity contribution in [2.75, 3.05) is 25.4 Å². The number of aromatic nitrogens is 1. The number of nitrogen functional groups attached to an aromatic ring is 1. The molecule has 2 heterocycles. The molecule has 0 aromatic carbocycles. The van der Waals surface area contributed by atoms with Gasteiger partial charge >= 0.3 is 6.09 Å². The van der Waals surface area contributed by atoms with E-state index < -0.39 is 6.09 Å². The third kappa shape index (κ3) is 2.22. The molecular weight excluding hydrogens is 210 g/mol. The van der Waals surface area contributed by atoms with Gasteiger partial charge in [-0.1, -0.05) is 6.07 Å². The van der Waals surface area contributed by atoms with Gasteiger partial charge in [0.2, 0.25) is 0 Å². The second-order valence-corrected chi connectivity index (χ2v) is 3.60. The Morgan fingerprint density at radius 3 is 3.06 bits per heavy atom. The third-order valence-corrected chi connectivity index (χ3v) is 2.52. The molecular formula is C10H13N3O3. The molecule has 1 aromatic heterocycles. The Bertz CT molecular complexity index is 379. The Kier molecular flexibility index (Phi) is 2.91. The molecule has 1 aliphatic heterocycles. The van der Waals surface area contributed by atoms with Crippen molar-refractivity contribution in [3.8, 4) is 0 Å². The van der Waals surface area contributed by atoms with Crippen molar-refractivity contribution in [1.82, 2.24) is 9.88 Å². The van der Waals surface area contributed by atoms with Crippen molar-refractivity contribution in [1.29, 1.82) is 0 Å². The Hall–Kier alpha value is -1.82. The van der Waals surface area contributed by atoms with Crippen LogP contribution in [0.2, 0.25) is 0 Å². The molecule has 1 atom stereocenters. The van der Waals surface area contributed by atoms with E-state index in [4.69, 9.17) is 15.6 Å². The van der Waals surface area contributed by atoms with Crippen molar-refractivity contribution in [3.05, 3.63) is 23.9 Å². The van der Waals surface area contributed by atoms with Crippen LogP contribution < -0.4 is 5.73 Å². The Morgan fingerprint density at radius 1 is 1.62 bits per heavy atom. The van der Waals surface area contributed by atoms with Gasteiger partial charge in [0, 0.05) is 18.3 Å². The maximum Gasteiger partial charge on any atom is 0.407 e. The smallest absolute Gasteiger partial charge is 0.407 e. The molecule has 0 aliphatic carbocycles. The molecule has 86 valence electrons. The summed E-state index contributed by atoms with van der Waals surface area (Å²) < 4.78 is 5.50. The van der Waals surface area contributed by atoms with Crippen molar-refractivity contribution >= 4 is 11.9 Å². The molecule has 6 heteroatoms. The largest absolute Gasteiger partial charge is 0.465 e. The van der Waals surface area contributed by atoms with Gasteiger partial charge < -0.3 is 20.5 Å². The van der Waals surface area contributed by atoms with Gasteiger partial charge in [-0.05, 0) is 6.07 Å². The molecule has 0 bridgehead atoms. The number of hydrogen-bond acceptors (Lipinski definition) is 4. The summed E-state index contributed by atoms with van der Waals surface area (Å²) in [6, 6.07) is 3.48. The molecule has 1 aliphatic rings.